The van der Waals surface area contributed by atoms with E-state index in [1.54, 1.807) is 0 Å². The monoisotopic (exact) mass is 356 g/mol. The van der Waals surface area contributed by atoms with Gasteiger partial charge in [0.25, 0.3) is 0 Å². The summed E-state index contributed by atoms with van der Waals surface area (Å²) in [7, 11) is 0. The van der Waals surface area contributed by atoms with Crippen LogP contribution in [-0.2, 0) is 19.1 Å². The highest BCUT2D eigenvalue weighted by Crippen LogP contribution is 2.30. The Hall–Kier alpha value is -1.85. The van der Waals surface area contributed by atoms with Gasteiger partial charge in [0.05, 0.1) is 18.4 Å². The van der Waals surface area contributed by atoms with Gasteiger partial charge in [-0.2, -0.15) is 0 Å². The summed E-state index contributed by atoms with van der Waals surface area (Å²) in [6.45, 7) is 8.19. The molecule has 0 aromatic heterocycles. The number of esters is 1. The number of carboxylic acid groups (broad SMARTS) is 2. The quantitative estimate of drug-likeness (QED) is 0.480. The molecular formula is C19H32O6. The van der Waals surface area contributed by atoms with Gasteiger partial charge in [0.15, 0.2) is 0 Å². The predicted molar refractivity (Wildman–Crippen MR) is 95.2 cm³/mol. The second-order valence-corrected chi connectivity index (χ2v) is 6.42. The van der Waals surface area contributed by atoms with Crippen LogP contribution in [0.2, 0.25) is 0 Å². The molecule has 0 aromatic rings. The van der Waals surface area contributed by atoms with Crippen molar-refractivity contribution in [1.82, 2.24) is 0 Å². The summed E-state index contributed by atoms with van der Waals surface area (Å²) in [5.74, 6) is -3.07. The molecular weight excluding hydrogens is 324 g/mol. The lowest BCUT2D eigenvalue weighted by molar-refractivity contribution is -0.155. The molecule has 1 aliphatic carbocycles. The smallest absolute Gasteiger partial charge is 0.330 e. The summed E-state index contributed by atoms with van der Waals surface area (Å²) < 4.78 is 4.98. The van der Waals surface area contributed by atoms with Crippen LogP contribution in [0.1, 0.15) is 65.2 Å². The van der Waals surface area contributed by atoms with E-state index in [0.29, 0.717) is 25.4 Å². The summed E-state index contributed by atoms with van der Waals surface area (Å²) in [6.07, 6.45) is 8.53. The fourth-order valence-electron chi connectivity index (χ4n) is 2.88. The Kier molecular flexibility index (Phi) is 12.4. The van der Waals surface area contributed by atoms with Crippen molar-refractivity contribution < 1.29 is 29.3 Å². The Morgan fingerprint density at radius 3 is 2.00 bits per heavy atom. The van der Waals surface area contributed by atoms with Crippen molar-refractivity contribution in [2.45, 2.75) is 65.2 Å². The van der Waals surface area contributed by atoms with Crippen LogP contribution in [0.3, 0.4) is 0 Å². The minimum atomic E-state index is -0.970. The van der Waals surface area contributed by atoms with Crippen molar-refractivity contribution in [2.24, 2.45) is 17.8 Å². The van der Waals surface area contributed by atoms with Gasteiger partial charge in [0.1, 0.15) is 0 Å². The van der Waals surface area contributed by atoms with Crippen LogP contribution >= 0.6 is 0 Å². The normalized spacial score (nSPS) is 20.6. The van der Waals surface area contributed by atoms with Crippen LogP contribution in [0.4, 0.5) is 0 Å². The van der Waals surface area contributed by atoms with Gasteiger partial charge in [-0.3, -0.25) is 9.59 Å². The van der Waals surface area contributed by atoms with E-state index in [2.05, 4.69) is 20.4 Å². The Labute approximate surface area is 150 Å². The molecule has 1 aliphatic rings. The summed E-state index contributed by atoms with van der Waals surface area (Å²) in [5, 5.41) is 17.4. The predicted octanol–water partition coefficient (Wildman–Crippen LogP) is 3.89. The Bertz CT molecular complexity index is 410. The zero-order valence-electron chi connectivity index (χ0n) is 15.4. The number of carbonyl (C=O) groups is 3. The molecule has 0 saturated heterocycles. The van der Waals surface area contributed by atoms with Gasteiger partial charge in [0.2, 0.25) is 0 Å². The van der Waals surface area contributed by atoms with Crippen LogP contribution in [0, 0.1) is 17.8 Å². The summed E-state index contributed by atoms with van der Waals surface area (Å²) in [6, 6.07) is 0. The average Bonchev–Trinajstić information content (AvgIpc) is 2.62. The number of unbranched alkanes of at least 4 members (excludes halogenated alkanes) is 1. The van der Waals surface area contributed by atoms with Crippen LogP contribution in [0.15, 0.2) is 12.7 Å². The first-order valence-electron chi connectivity index (χ1n) is 9.12. The maximum absolute atomic E-state index is 10.8. The van der Waals surface area contributed by atoms with Crippen molar-refractivity contribution in [3.8, 4) is 0 Å². The molecule has 6 nitrogen and oxygen atoms in total. The highest BCUT2D eigenvalue weighted by Gasteiger charge is 2.35. The highest BCUT2D eigenvalue weighted by molar-refractivity contribution is 5.81. The molecule has 0 bridgehead atoms. The van der Waals surface area contributed by atoms with Crippen LogP contribution in [-0.4, -0.2) is 34.7 Å². The molecule has 1 fully saturated rings. The second kappa shape index (κ2) is 13.4. The van der Waals surface area contributed by atoms with Crippen LogP contribution < -0.4 is 0 Å². The lowest BCUT2D eigenvalue weighted by Gasteiger charge is -2.24. The topological polar surface area (TPSA) is 101 Å². The summed E-state index contributed by atoms with van der Waals surface area (Å²) in [4.78, 5) is 32.0. The molecule has 25 heavy (non-hydrogen) atoms. The number of carbonyl (C=O) groups excluding carboxylic acids is 1. The first-order chi connectivity index (χ1) is 11.9. The van der Waals surface area contributed by atoms with E-state index in [0.717, 1.165) is 25.7 Å². The van der Waals surface area contributed by atoms with Crippen molar-refractivity contribution in [2.75, 3.05) is 6.61 Å². The fraction of sp³-hybridized carbons (Fsp3) is 0.737. The lowest BCUT2D eigenvalue weighted by atomic mass is 9.79. The average molecular weight is 356 g/mol. The van der Waals surface area contributed by atoms with Crippen LogP contribution in [0.5, 0.6) is 0 Å². The zero-order valence-corrected chi connectivity index (χ0v) is 15.4. The molecule has 144 valence electrons. The minimum absolute atomic E-state index is 0.310. The third kappa shape index (κ3) is 9.89. The molecule has 0 spiro atoms. The number of carboxylic acids is 2. The Morgan fingerprint density at radius 2 is 1.64 bits per heavy atom. The molecule has 0 heterocycles. The first-order valence-corrected chi connectivity index (χ1v) is 9.12. The molecule has 1 saturated carbocycles. The number of hydrogen-bond acceptors (Lipinski definition) is 4. The maximum Gasteiger partial charge on any atom is 0.330 e. The largest absolute Gasteiger partial charge is 0.481 e. The van der Waals surface area contributed by atoms with E-state index >= 15 is 0 Å². The van der Waals surface area contributed by atoms with Crippen molar-refractivity contribution in [3.63, 3.8) is 0 Å². The summed E-state index contributed by atoms with van der Waals surface area (Å²) >= 11 is 0. The standard InChI is InChI=1S/C11H20O2.C8H12O4/c1-4-7-8-10(5-2)9-13-11(12)6-3;9-7(10)5-3-1-2-4-6(5)8(11)12/h6,10H,3-5,7-9H2,1-2H3;5-6H,1-4H2,(H,9,10)(H,11,12). The molecule has 3 atom stereocenters. The van der Waals surface area contributed by atoms with Crippen molar-refractivity contribution in [1.29, 1.82) is 0 Å². The molecule has 2 N–H and O–H groups in total. The van der Waals surface area contributed by atoms with Crippen LogP contribution in [0.25, 0.3) is 0 Å². The van der Waals surface area contributed by atoms with E-state index in [1.165, 1.54) is 18.9 Å². The zero-order chi connectivity index (χ0) is 19.2. The van der Waals surface area contributed by atoms with Gasteiger partial charge >= 0.3 is 17.9 Å². The first kappa shape index (κ1) is 23.1. The van der Waals surface area contributed by atoms with Gasteiger partial charge in [-0.15, -0.1) is 0 Å². The van der Waals surface area contributed by atoms with E-state index < -0.39 is 23.8 Å². The molecule has 3 unspecified atom stereocenters. The van der Waals surface area contributed by atoms with Crippen molar-refractivity contribution >= 4 is 17.9 Å². The van der Waals surface area contributed by atoms with E-state index in [1.807, 2.05) is 0 Å². The molecule has 6 heteroatoms. The third-order valence-electron chi connectivity index (χ3n) is 4.57. The third-order valence-corrected chi connectivity index (χ3v) is 4.57. The number of rotatable bonds is 9. The van der Waals surface area contributed by atoms with Gasteiger partial charge in [-0.1, -0.05) is 52.5 Å². The number of hydrogen-bond donors (Lipinski definition) is 2. The molecule has 0 aliphatic heterocycles. The van der Waals surface area contributed by atoms with Gasteiger partial charge in [0, 0.05) is 6.08 Å². The summed E-state index contributed by atoms with van der Waals surface area (Å²) in [5.41, 5.74) is 0. The lowest BCUT2D eigenvalue weighted by Crippen LogP contribution is -2.32. The molecule has 1 rings (SSSR count). The molecule has 0 radical (unpaired) electrons. The van der Waals surface area contributed by atoms with E-state index in [-0.39, 0.29) is 5.97 Å². The van der Waals surface area contributed by atoms with Gasteiger partial charge in [-0.25, -0.2) is 4.79 Å². The molecule has 0 aromatic carbocycles. The van der Waals surface area contributed by atoms with E-state index in [4.69, 9.17) is 14.9 Å². The molecule has 0 amide bonds. The second-order valence-electron chi connectivity index (χ2n) is 6.42. The Balaban J connectivity index is 0.000000462. The van der Waals surface area contributed by atoms with Crippen molar-refractivity contribution in [3.05, 3.63) is 12.7 Å². The number of aliphatic carboxylic acids is 2. The maximum atomic E-state index is 10.8. The van der Waals surface area contributed by atoms with E-state index in [9.17, 15) is 14.4 Å². The number of ether oxygens (including phenoxy) is 1. The SMILES string of the molecule is C=CC(=O)OCC(CC)CCCC.O=C(O)C1CCCCC1C(=O)O. The van der Waals surface area contributed by atoms with Gasteiger partial charge < -0.3 is 14.9 Å². The Morgan fingerprint density at radius 1 is 1.12 bits per heavy atom. The minimum Gasteiger partial charge on any atom is -0.481 e. The fourth-order valence-corrected chi connectivity index (χ4v) is 2.88. The highest BCUT2D eigenvalue weighted by atomic mass is 16.5. The van der Waals surface area contributed by atoms with Gasteiger partial charge in [-0.05, 0) is 25.2 Å².